The van der Waals surface area contributed by atoms with E-state index in [4.69, 9.17) is 4.74 Å². The quantitative estimate of drug-likeness (QED) is 0.585. The van der Waals surface area contributed by atoms with Gasteiger partial charge in [-0.2, -0.15) is 0 Å². The molecule has 29 heavy (non-hydrogen) atoms. The second-order valence-electron chi connectivity index (χ2n) is 8.02. The molecule has 1 heterocycles. The van der Waals surface area contributed by atoms with Crippen molar-refractivity contribution in [2.24, 2.45) is 11.8 Å². The fourth-order valence-electron chi connectivity index (χ4n) is 4.15. The Balaban J connectivity index is 1.49. The summed E-state index contributed by atoms with van der Waals surface area (Å²) in [6, 6.07) is 5.65. The van der Waals surface area contributed by atoms with Crippen LogP contribution in [0.4, 0.5) is 5.69 Å². The third-order valence-electron chi connectivity index (χ3n) is 5.79. The zero-order valence-electron chi connectivity index (χ0n) is 17.2. The Morgan fingerprint density at radius 2 is 1.76 bits per heavy atom. The van der Waals surface area contributed by atoms with Gasteiger partial charge in [0, 0.05) is 12.2 Å². The van der Waals surface area contributed by atoms with Crippen molar-refractivity contribution in [1.82, 2.24) is 4.90 Å². The lowest BCUT2D eigenvalue weighted by Gasteiger charge is -2.19. The van der Waals surface area contributed by atoms with Crippen molar-refractivity contribution in [1.29, 1.82) is 0 Å². The lowest BCUT2D eigenvalue weighted by atomic mass is 9.81. The minimum Gasteiger partial charge on any atom is -0.452 e. The number of hydrogen-bond donors (Lipinski definition) is 1. The van der Waals surface area contributed by atoms with Gasteiger partial charge in [0.05, 0.1) is 18.3 Å². The van der Waals surface area contributed by atoms with E-state index in [2.05, 4.69) is 5.32 Å². The van der Waals surface area contributed by atoms with E-state index in [0.29, 0.717) is 5.69 Å². The summed E-state index contributed by atoms with van der Waals surface area (Å²) in [5.74, 6) is -1.83. The Hall–Kier alpha value is -2.70. The van der Waals surface area contributed by atoms with E-state index in [0.717, 1.165) is 36.8 Å². The highest BCUT2D eigenvalue weighted by Crippen LogP contribution is 2.37. The van der Waals surface area contributed by atoms with Crippen molar-refractivity contribution < 1.29 is 23.9 Å². The summed E-state index contributed by atoms with van der Waals surface area (Å²) in [7, 11) is 0. The largest absolute Gasteiger partial charge is 0.452 e. The Morgan fingerprint density at radius 3 is 2.34 bits per heavy atom. The van der Waals surface area contributed by atoms with Gasteiger partial charge in [0.2, 0.25) is 11.8 Å². The molecular weight excluding hydrogens is 372 g/mol. The molecule has 7 heteroatoms. The molecule has 1 N–H and O–H groups in total. The van der Waals surface area contributed by atoms with Gasteiger partial charge in [0.1, 0.15) is 0 Å². The number of hydrogen-bond acceptors (Lipinski definition) is 5. The molecule has 0 radical (unpaired) electrons. The first-order chi connectivity index (χ1) is 13.8. The number of imide groups is 1. The average Bonchev–Trinajstić information content (AvgIpc) is 2.93. The van der Waals surface area contributed by atoms with Crippen molar-refractivity contribution in [3.05, 3.63) is 29.3 Å². The van der Waals surface area contributed by atoms with Crippen LogP contribution in [0.3, 0.4) is 0 Å². The fourth-order valence-corrected chi connectivity index (χ4v) is 4.15. The Labute approximate surface area is 170 Å². The van der Waals surface area contributed by atoms with Crippen LogP contribution >= 0.6 is 0 Å². The number of carbonyl (C=O) groups is 4. The van der Waals surface area contributed by atoms with Crippen molar-refractivity contribution >= 4 is 29.4 Å². The van der Waals surface area contributed by atoms with Gasteiger partial charge in [0.25, 0.3) is 5.91 Å². The van der Waals surface area contributed by atoms with Crippen molar-refractivity contribution in [3.8, 4) is 0 Å². The maximum atomic E-state index is 12.4. The van der Waals surface area contributed by atoms with Gasteiger partial charge in [-0.05, 0) is 45.2 Å². The van der Waals surface area contributed by atoms with Crippen molar-refractivity contribution in [3.63, 3.8) is 0 Å². The predicted octanol–water partition coefficient (Wildman–Crippen LogP) is 2.74. The normalized spacial score (nSPS) is 22.2. The highest BCUT2D eigenvalue weighted by atomic mass is 16.5. The van der Waals surface area contributed by atoms with Gasteiger partial charge < -0.3 is 10.1 Å². The van der Waals surface area contributed by atoms with Crippen LogP contribution < -0.4 is 5.32 Å². The number of fused-ring (bicyclic) bond motifs is 1. The summed E-state index contributed by atoms with van der Waals surface area (Å²) in [5.41, 5.74) is 2.68. The summed E-state index contributed by atoms with van der Waals surface area (Å²) in [6.45, 7) is 5.36. The molecule has 1 aromatic rings. The molecule has 1 aliphatic carbocycles. The number of nitrogens with zero attached hydrogens (tertiary/aromatic N) is 1. The first kappa shape index (κ1) is 21.0. The minimum atomic E-state index is -0.976. The maximum Gasteiger partial charge on any atom is 0.308 e. The molecule has 1 saturated heterocycles. The van der Waals surface area contributed by atoms with Crippen molar-refractivity contribution in [2.75, 3.05) is 11.9 Å². The van der Waals surface area contributed by atoms with Crippen LogP contribution in [-0.4, -0.2) is 41.2 Å². The zero-order chi connectivity index (χ0) is 21.1. The molecule has 2 fully saturated rings. The third kappa shape index (κ3) is 4.66. The number of aryl methyl sites for hydroxylation is 2. The van der Waals surface area contributed by atoms with E-state index in [9.17, 15) is 19.2 Å². The molecule has 3 atom stereocenters. The summed E-state index contributed by atoms with van der Waals surface area (Å²) in [6.07, 6.45) is 2.32. The molecule has 1 aliphatic heterocycles. The monoisotopic (exact) mass is 400 g/mol. The van der Waals surface area contributed by atoms with Crippen molar-refractivity contribution in [2.45, 2.75) is 59.0 Å². The smallest absolute Gasteiger partial charge is 0.308 e. The van der Waals surface area contributed by atoms with E-state index in [1.165, 1.54) is 11.8 Å². The Morgan fingerprint density at radius 1 is 1.14 bits per heavy atom. The summed E-state index contributed by atoms with van der Waals surface area (Å²) < 4.78 is 5.20. The number of carbonyl (C=O) groups excluding carboxylic acids is 4. The lowest BCUT2D eigenvalue weighted by Crippen LogP contribution is -2.35. The van der Waals surface area contributed by atoms with Crippen LogP contribution in [0.2, 0.25) is 0 Å². The molecule has 3 rings (SSSR count). The molecule has 0 spiro atoms. The van der Waals surface area contributed by atoms with E-state index in [1.807, 2.05) is 26.0 Å². The number of anilines is 1. The van der Waals surface area contributed by atoms with Crippen LogP contribution in [0.25, 0.3) is 0 Å². The predicted molar refractivity (Wildman–Crippen MR) is 107 cm³/mol. The van der Waals surface area contributed by atoms with E-state index >= 15 is 0 Å². The summed E-state index contributed by atoms with van der Waals surface area (Å²) >= 11 is 0. The lowest BCUT2D eigenvalue weighted by molar-refractivity contribution is -0.154. The molecule has 2 aliphatic rings. The highest BCUT2D eigenvalue weighted by Gasteiger charge is 2.47. The van der Waals surface area contributed by atoms with Crippen LogP contribution in [0.5, 0.6) is 0 Å². The fraction of sp³-hybridized carbons (Fsp3) is 0.545. The van der Waals surface area contributed by atoms with E-state index in [1.54, 1.807) is 6.07 Å². The molecule has 0 aromatic heterocycles. The van der Waals surface area contributed by atoms with Gasteiger partial charge in [-0.1, -0.05) is 30.5 Å². The first-order valence-corrected chi connectivity index (χ1v) is 10.2. The second kappa shape index (κ2) is 8.76. The standard InChI is InChI=1S/C22H28N2O5/c1-13-8-9-18(14(2)12-13)23-20(26)15(3)29-19(25)10-11-24-21(27)16-6-4-5-7-17(16)22(24)28/h8-9,12,15-17H,4-7,10-11H2,1-3H3,(H,23,26)/t15-,16-,17+/m1/s1. The van der Waals surface area contributed by atoms with Crippen LogP contribution in [0.15, 0.2) is 18.2 Å². The minimum absolute atomic E-state index is 0.00884. The topological polar surface area (TPSA) is 92.8 Å². The second-order valence-corrected chi connectivity index (χ2v) is 8.02. The molecule has 1 aromatic carbocycles. The Kier molecular flexibility index (Phi) is 6.35. The molecule has 156 valence electrons. The van der Waals surface area contributed by atoms with E-state index < -0.39 is 18.0 Å². The molecule has 0 unspecified atom stereocenters. The van der Waals surface area contributed by atoms with Crippen LogP contribution in [0, 0.1) is 25.7 Å². The molecular formula is C22H28N2O5. The highest BCUT2D eigenvalue weighted by molar-refractivity contribution is 6.05. The number of esters is 1. The van der Waals surface area contributed by atoms with Crippen LogP contribution in [-0.2, 0) is 23.9 Å². The molecule has 0 bridgehead atoms. The number of rotatable bonds is 6. The maximum absolute atomic E-state index is 12.4. The van der Waals surface area contributed by atoms with Gasteiger partial charge in [0.15, 0.2) is 6.10 Å². The summed E-state index contributed by atoms with van der Waals surface area (Å²) in [4.78, 5) is 50.5. The van der Waals surface area contributed by atoms with Gasteiger partial charge in [-0.25, -0.2) is 0 Å². The van der Waals surface area contributed by atoms with Gasteiger partial charge in [-0.3, -0.25) is 24.1 Å². The third-order valence-corrected chi connectivity index (χ3v) is 5.79. The van der Waals surface area contributed by atoms with Crippen LogP contribution in [0.1, 0.15) is 50.2 Å². The number of benzene rings is 1. The number of ether oxygens (including phenoxy) is 1. The average molecular weight is 400 g/mol. The molecule has 7 nitrogen and oxygen atoms in total. The number of amides is 3. The molecule has 3 amide bonds. The van der Waals surface area contributed by atoms with E-state index in [-0.39, 0.29) is 36.6 Å². The number of nitrogens with one attached hydrogen (secondary N) is 1. The Bertz CT molecular complexity index is 810. The van der Waals surface area contributed by atoms with Gasteiger partial charge in [-0.15, -0.1) is 0 Å². The first-order valence-electron chi connectivity index (χ1n) is 10.2. The number of likely N-dealkylation sites (tertiary alicyclic amines) is 1. The van der Waals surface area contributed by atoms with Gasteiger partial charge >= 0.3 is 5.97 Å². The zero-order valence-corrected chi connectivity index (χ0v) is 17.2. The molecule has 1 saturated carbocycles. The SMILES string of the molecule is Cc1ccc(NC(=O)[C@@H](C)OC(=O)CCN2C(=O)[C@H]3CCCC[C@H]3C2=O)c(C)c1. The summed E-state index contributed by atoms with van der Waals surface area (Å²) in [5, 5.41) is 2.75.